The summed E-state index contributed by atoms with van der Waals surface area (Å²) in [6, 6.07) is 14.5. The summed E-state index contributed by atoms with van der Waals surface area (Å²) in [5.74, 6) is 2.01. The molecule has 2 N–H and O–H groups in total. The van der Waals surface area contributed by atoms with Crippen LogP contribution in [0.4, 0.5) is 5.69 Å². The lowest BCUT2D eigenvalue weighted by Gasteiger charge is -2.09. The maximum absolute atomic E-state index is 12.9. The Labute approximate surface area is 178 Å². The van der Waals surface area contributed by atoms with E-state index in [9.17, 15) is 4.79 Å². The first kappa shape index (κ1) is 20.1. The highest BCUT2D eigenvalue weighted by Crippen LogP contribution is 2.32. The third kappa shape index (κ3) is 4.40. The molecule has 0 radical (unpaired) electrons. The van der Waals surface area contributed by atoms with Gasteiger partial charge in [-0.3, -0.25) is 9.89 Å². The lowest BCUT2D eigenvalue weighted by molar-refractivity contribution is 0.102. The topological polar surface area (TPSA) is 115 Å². The molecule has 0 saturated carbocycles. The van der Waals surface area contributed by atoms with E-state index in [0.717, 1.165) is 5.56 Å². The van der Waals surface area contributed by atoms with Gasteiger partial charge in [-0.1, -0.05) is 23.4 Å². The normalized spacial score (nSPS) is 10.7. The van der Waals surface area contributed by atoms with Crippen molar-refractivity contribution >= 4 is 11.6 Å². The SMILES string of the molecule is COc1ccc(OC)c(-c2cc(C(=O)Nc3ccccc3Cc3nc(C)no3)[nH]n2)c1. The van der Waals surface area contributed by atoms with Gasteiger partial charge in [-0.25, -0.2) is 0 Å². The highest BCUT2D eigenvalue weighted by atomic mass is 16.5. The number of hydrogen-bond acceptors (Lipinski definition) is 7. The molecule has 2 aromatic carbocycles. The van der Waals surface area contributed by atoms with Crippen LogP contribution in [0.25, 0.3) is 11.3 Å². The van der Waals surface area contributed by atoms with Crippen molar-refractivity contribution in [1.82, 2.24) is 20.3 Å². The fourth-order valence-corrected chi connectivity index (χ4v) is 3.15. The minimum absolute atomic E-state index is 0.309. The molecule has 0 fully saturated rings. The molecule has 0 aliphatic carbocycles. The van der Waals surface area contributed by atoms with E-state index >= 15 is 0 Å². The summed E-state index contributed by atoms with van der Waals surface area (Å²) in [5.41, 5.74) is 3.09. The Morgan fingerprint density at radius 2 is 1.97 bits per heavy atom. The van der Waals surface area contributed by atoms with Crippen LogP contribution in [0.15, 0.2) is 53.1 Å². The molecule has 0 bridgehead atoms. The van der Waals surface area contributed by atoms with Crippen molar-refractivity contribution in [3.63, 3.8) is 0 Å². The summed E-state index contributed by atoms with van der Waals surface area (Å²) in [6.45, 7) is 1.76. The zero-order valence-electron chi connectivity index (χ0n) is 17.3. The molecule has 2 aromatic heterocycles. The molecule has 0 unspecified atom stereocenters. The summed E-state index contributed by atoms with van der Waals surface area (Å²) in [5, 5.41) is 13.8. The van der Waals surface area contributed by atoms with Crippen LogP contribution in [0.5, 0.6) is 11.5 Å². The van der Waals surface area contributed by atoms with Gasteiger partial charge in [-0.15, -0.1) is 0 Å². The molecule has 0 aliphatic rings. The van der Waals surface area contributed by atoms with Crippen LogP contribution in [-0.2, 0) is 6.42 Å². The van der Waals surface area contributed by atoms with Crippen LogP contribution in [0.3, 0.4) is 0 Å². The number of methoxy groups -OCH3 is 2. The predicted molar refractivity (Wildman–Crippen MR) is 113 cm³/mol. The van der Waals surface area contributed by atoms with Crippen LogP contribution < -0.4 is 14.8 Å². The Hall–Kier alpha value is -4.14. The molecule has 31 heavy (non-hydrogen) atoms. The van der Waals surface area contributed by atoms with E-state index in [1.165, 1.54) is 0 Å². The number of nitrogens with one attached hydrogen (secondary N) is 2. The first-order valence-corrected chi connectivity index (χ1v) is 9.53. The van der Waals surface area contributed by atoms with Crippen LogP contribution in [0.1, 0.15) is 27.8 Å². The molecular weight excluding hydrogens is 398 g/mol. The largest absolute Gasteiger partial charge is 0.497 e. The van der Waals surface area contributed by atoms with Crippen molar-refractivity contribution in [3.8, 4) is 22.8 Å². The van der Waals surface area contributed by atoms with Gasteiger partial charge in [0.05, 0.1) is 26.3 Å². The maximum atomic E-state index is 12.9. The second-order valence-corrected chi connectivity index (χ2v) is 6.76. The van der Waals surface area contributed by atoms with Crippen LogP contribution in [0, 0.1) is 6.92 Å². The van der Waals surface area contributed by atoms with Crippen LogP contribution in [0.2, 0.25) is 0 Å². The number of aryl methyl sites for hydroxylation is 1. The Balaban J connectivity index is 1.56. The zero-order valence-corrected chi connectivity index (χ0v) is 17.3. The van der Waals surface area contributed by atoms with Gasteiger partial charge >= 0.3 is 0 Å². The third-order valence-electron chi connectivity index (χ3n) is 4.68. The average molecular weight is 419 g/mol. The number of ether oxygens (including phenoxy) is 2. The Kier molecular flexibility index (Phi) is 5.65. The first-order valence-electron chi connectivity index (χ1n) is 9.53. The summed E-state index contributed by atoms with van der Waals surface area (Å²) >= 11 is 0. The molecule has 4 rings (SSSR count). The Morgan fingerprint density at radius 3 is 2.71 bits per heavy atom. The molecular formula is C22H21N5O4. The number of anilines is 1. The minimum atomic E-state index is -0.324. The lowest BCUT2D eigenvalue weighted by Crippen LogP contribution is -2.14. The maximum Gasteiger partial charge on any atom is 0.273 e. The van der Waals surface area contributed by atoms with E-state index in [1.54, 1.807) is 45.4 Å². The monoisotopic (exact) mass is 419 g/mol. The number of carbonyl (C=O) groups is 1. The van der Waals surface area contributed by atoms with E-state index in [4.69, 9.17) is 14.0 Å². The second kappa shape index (κ2) is 8.70. The molecule has 0 spiro atoms. The second-order valence-electron chi connectivity index (χ2n) is 6.76. The number of para-hydroxylation sites is 1. The number of hydrogen-bond donors (Lipinski definition) is 2. The van der Waals surface area contributed by atoms with E-state index < -0.39 is 0 Å². The summed E-state index contributed by atoms with van der Waals surface area (Å²) in [7, 11) is 3.16. The number of H-pyrrole nitrogens is 1. The number of benzene rings is 2. The van der Waals surface area contributed by atoms with Gasteiger partial charge in [0.1, 0.15) is 17.2 Å². The van der Waals surface area contributed by atoms with Gasteiger partial charge in [-0.2, -0.15) is 10.1 Å². The summed E-state index contributed by atoms with van der Waals surface area (Å²) < 4.78 is 15.9. The van der Waals surface area contributed by atoms with Gasteiger partial charge in [0.25, 0.3) is 5.91 Å². The van der Waals surface area contributed by atoms with Gasteiger partial charge in [0.2, 0.25) is 5.89 Å². The smallest absolute Gasteiger partial charge is 0.273 e. The van der Waals surface area contributed by atoms with Crippen LogP contribution in [-0.4, -0.2) is 40.5 Å². The van der Waals surface area contributed by atoms with Crippen molar-refractivity contribution in [2.24, 2.45) is 0 Å². The fraction of sp³-hybridized carbons (Fsp3) is 0.182. The van der Waals surface area contributed by atoms with Crippen molar-refractivity contribution < 1.29 is 18.8 Å². The van der Waals surface area contributed by atoms with Gasteiger partial charge < -0.3 is 19.3 Å². The van der Waals surface area contributed by atoms with Crippen LogP contribution >= 0.6 is 0 Å². The van der Waals surface area contributed by atoms with Crippen molar-refractivity contribution in [1.29, 1.82) is 0 Å². The molecule has 0 saturated heterocycles. The third-order valence-corrected chi connectivity index (χ3v) is 4.68. The zero-order chi connectivity index (χ0) is 21.8. The molecule has 9 heteroatoms. The average Bonchev–Trinajstić information content (AvgIpc) is 3.44. The number of aromatic amines is 1. The molecule has 4 aromatic rings. The number of rotatable bonds is 7. The van der Waals surface area contributed by atoms with Crippen molar-refractivity contribution in [3.05, 3.63) is 71.5 Å². The molecule has 9 nitrogen and oxygen atoms in total. The quantitative estimate of drug-likeness (QED) is 0.470. The molecule has 1 amide bonds. The Bertz CT molecular complexity index is 1210. The van der Waals surface area contributed by atoms with Gasteiger partial charge in [0.15, 0.2) is 5.82 Å². The summed E-state index contributed by atoms with van der Waals surface area (Å²) in [4.78, 5) is 17.1. The number of aromatic nitrogens is 4. The summed E-state index contributed by atoms with van der Waals surface area (Å²) in [6.07, 6.45) is 0.409. The van der Waals surface area contributed by atoms with E-state index in [1.807, 2.05) is 24.3 Å². The predicted octanol–water partition coefficient (Wildman–Crippen LogP) is 3.63. The number of amides is 1. The molecule has 0 atom stereocenters. The van der Waals surface area contributed by atoms with E-state index in [-0.39, 0.29) is 5.91 Å². The lowest BCUT2D eigenvalue weighted by atomic mass is 10.1. The van der Waals surface area contributed by atoms with E-state index in [0.29, 0.717) is 52.3 Å². The van der Waals surface area contributed by atoms with Gasteiger partial charge in [-0.05, 0) is 42.8 Å². The molecule has 0 aliphatic heterocycles. The minimum Gasteiger partial charge on any atom is -0.497 e. The number of nitrogens with zero attached hydrogens (tertiary/aromatic N) is 3. The number of carbonyl (C=O) groups excluding carboxylic acids is 1. The fourth-order valence-electron chi connectivity index (χ4n) is 3.15. The van der Waals surface area contributed by atoms with Crippen molar-refractivity contribution in [2.75, 3.05) is 19.5 Å². The molecule has 2 heterocycles. The highest BCUT2D eigenvalue weighted by Gasteiger charge is 2.17. The molecule has 158 valence electrons. The van der Waals surface area contributed by atoms with Crippen molar-refractivity contribution in [2.45, 2.75) is 13.3 Å². The Morgan fingerprint density at radius 1 is 1.13 bits per heavy atom. The van der Waals surface area contributed by atoms with E-state index in [2.05, 4.69) is 25.7 Å². The highest BCUT2D eigenvalue weighted by molar-refractivity contribution is 6.04. The standard InChI is InChI=1S/C22H21N5O4/c1-13-23-21(31-27-13)10-14-6-4-5-7-17(14)24-22(28)19-12-18(25-26-19)16-11-15(29-2)8-9-20(16)30-3/h4-9,11-12H,10H2,1-3H3,(H,24,28)(H,25,26). The van der Waals surface area contributed by atoms with Gasteiger partial charge in [0, 0.05) is 11.3 Å². The first-order chi connectivity index (χ1) is 15.1.